The first kappa shape index (κ1) is 15.5. The summed E-state index contributed by atoms with van der Waals surface area (Å²) >= 11 is 5.29. The van der Waals surface area contributed by atoms with Crippen LogP contribution in [0.15, 0.2) is 53.7 Å². The molecule has 3 rings (SSSR count). The molecule has 4 nitrogen and oxygen atoms in total. The number of fused-ring (bicyclic) bond motifs is 1. The number of allylic oxidation sites excluding steroid dienone is 1. The molecule has 0 radical (unpaired) electrons. The molecule has 2 aromatic carbocycles. The second kappa shape index (κ2) is 6.38. The minimum Gasteiger partial charge on any atom is -0.466 e. The number of thiocarbonyl (C=S) groups is 1. The van der Waals surface area contributed by atoms with Crippen LogP contribution in [-0.2, 0) is 9.53 Å². The highest BCUT2D eigenvalue weighted by atomic mass is 32.1. The van der Waals surface area contributed by atoms with Crippen molar-refractivity contribution in [1.29, 1.82) is 0 Å². The fraction of sp³-hybridized carbons (Fsp3) is 0.222. The lowest BCUT2D eigenvalue weighted by atomic mass is 9.93. The lowest BCUT2D eigenvalue weighted by Gasteiger charge is -2.30. The summed E-state index contributed by atoms with van der Waals surface area (Å²) in [5, 5.41) is 9.06. The van der Waals surface area contributed by atoms with Crippen molar-refractivity contribution in [3.8, 4) is 0 Å². The fourth-order valence-corrected chi connectivity index (χ4v) is 3.13. The molecule has 0 unspecified atom stereocenters. The molecule has 0 aromatic heterocycles. The maximum absolute atomic E-state index is 12.3. The van der Waals surface area contributed by atoms with Gasteiger partial charge in [0.15, 0.2) is 5.11 Å². The molecule has 0 aliphatic carbocycles. The molecule has 0 saturated carbocycles. The Bertz CT molecular complexity index is 814. The summed E-state index contributed by atoms with van der Waals surface area (Å²) < 4.78 is 4.98. The van der Waals surface area contributed by atoms with E-state index in [0.717, 1.165) is 22.0 Å². The van der Waals surface area contributed by atoms with Crippen LogP contribution in [0.25, 0.3) is 10.8 Å². The average Bonchev–Trinajstić information content (AvgIpc) is 2.59. The van der Waals surface area contributed by atoms with E-state index in [-0.39, 0.29) is 12.0 Å². The minimum atomic E-state index is -0.345. The van der Waals surface area contributed by atoms with Crippen LogP contribution in [0, 0.1) is 0 Å². The molecule has 1 atom stereocenters. The third-order valence-corrected chi connectivity index (χ3v) is 4.24. The predicted octanol–water partition coefficient (Wildman–Crippen LogP) is 3.20. The first-order valence-corrected chi connectivity index (χ1v) is 7.92. The van der Waals surface area contributed by atoms with E-state index in [9.17, 15) is 4.79 Å². The van der Waals surface area contributed by atoms with Crippen molar-refractivity contribution in [2.45, 2.75) is 19.4 Å². The van der Waals surface area contributed by atoms with Gasteiger partial charge in [-0.3, -0.25) is 0 Å². The van der Waals surface area contributed by atoms with Crippen molar-refractivity contribution in [2.75, 3.05) is 7.11 Å². The number of rotatable bonds is 3. The topological polar surface area (TPSA) is 50.4 Å². The fourth-order valence-electron chi connectivity index (χ4n) is 2.89. The third-order valence-electron chi connectivity index (χ3n) is 4.02. The van der Waals surface area contributed by atoms with E-state index >= 15 is 0 Å². The van der Waals surface area contributed by atoms with Gasteiger partial charge in [0.2, 0.25) is 0 Å². The quantitative estimate of drug-likeness (QED) is 0.670. The van der Waals surface area contributed by atoms with Gasteiger partial charge in [-0.2, -0.15) is 0 Å². The number of benzene rings is 2. The molecule has 2 aromatic rings. The number of hydrogen-bond acceptors (Lipinski definition) is 3. The number of methoxy groups -OCH3 is 1. The Morgan fingerprint density at radius 2 is 1.96 bits per heavy atom. The zero-order valence-corrected chi connectivity index (χ0v) is 13.9. The first-order chi connectivity index (χ1) is 11.1. The number of carbonyl (C=O) groups excluding carboxylic acids is 1. The molecular weight excluding hydrogens is 308 g/mol. The van der Waals surface area contributed by atoms with Crippen molar-refractivity contribution in [2.24, 2.45) is 0 Å². The van der Waals surface area contributed by atoms with Crippen LogP contribution in [0.3, 0.4) is 0 Å². The lowest BCUT2D eigenvalue weighted by Crippen LogP contribution is -2.45. The van der Waals surface area contributed by atoms with Crippen LogP contribution in [0.5, 0.6) is 0 Å². The lowest BCUT2D eigenvalue weighted by molar-refractivity contribution is -0.136. The van der Waals surface area contributed by atoms with E-state index in [0.29, 0.717) is 17.1 Å². The first-order valence-electron chi connectivity index (χ1n) is 7.51. The van der Waals surface area contributed by atoms with E-state index in [1.807, 2.05) is 25.1 Å². The number of nitrogens with one attached hydrogen (secondary N) is 2. The molecule has 0 spiro atoms. The second-order valence-corrected chi connectivity index (χ2v) is 5.78. The Morgan fingerprint density at radius 3 is 2.65 bits per heavy atom. The molecule has 1 heterocycles. The number of esters is 1. The van der Waals surface area contributed by atoms with Crippen molar-refractivity contribution in [1.82, 2.24) is 10.6 Å². The van der Waals surface area contributed by atoms with E-state index < -0.39 is 0 Å². The molecule has 1 aliphatic heterocycles. The average molecular weight is 326 g/mol. The Morgan fingerprint density at radius 1 is 1.22 bits per heavy atom. The van der Waals surface area contributed by atoms with Crippen LogP contribution >= 0.6 is 12.2 Å². The zero-order chi connectivity index (χ0) is 16.4. The normalized spacial score (nSPS) is 17.7. The second-order valence-electron chi connectivity index (χ2n) is 5.38. The van der Waals surface area contributed by atoms with Gasteiger partial charge in [-0.25, -0.2) is 4.79 Å². The SMILES string of the molecule is CCC1=C(C(=O)OC)[C@@H](c2ccc3ccccc3c2)NC(=S)N1. The summed E-state index contributed by atoms with van der Waals surface area (Å²) in [5.74, 6) is -0.345. The van der Waals surface area contributed by atoms with Gasteiger partial charge in [0, 0.05) is 5.70 Å². The standard InChI is InChI=1S/C18H18N2O2S/c1-3-14-15(17(21)22-2)16(20-18(23)19-14)13-9-8-11-6-4-5-7-12(11)10-13/h4-10,16H,3H2,1-2H3,(H2,19,20,23)/t16-/m1/s1. The monoisotopic (exact) mass is 326 g/mol. The van der Waals surface area contributed by atoms with Crippen LogP contribution in [-0.4, -0.2) is 18.2 Å². The summed E-state index contributed by atoms with van der Waals surface area (Å²) in [4.78, 5) is 12.3. The Hall–Kier alpha value is -2.40. The molecule has 0 bridgehead atoms. The maximum atomic E-state index is 12.3. The summed E-state index contributed by atoms with van der Waals surface area (Å²) in [6.07, 6.45) is 0.677. The molecular formula is C18H18N2O2S. The summed E-state index contributed by atoms with van der Waals surface area (Å²) in [5.41, 5.74) is 2.37. The summed E-state index contributed by atoms with van der Waals surface area (Å²) in [6, 6.07) is 14.0. The van der Waals surface area contributed by atoms with E-state index in [1.165, 1.54) is 7.11 Å². The van der Waals surface area contributed by atoms with Gasteiger partial charge < -0.3 is 15.4 Å². The van der Waals surface area contributed by atoms with E-state index in [2.05, 4.69) is 34.9 Å². The highest BCUT2D eigenvalue weighted by Crippen LogP contribution is 2.30. The van der Waals surface area contributed by atoms with E-state index in [1.54, 1.807) is 0 Å². The van der Waals surface area contributed by atoms with Crippen LogP contribution in [0.2, 0.25) is 0 Å². The minimum absolute atomic E-state index is 0.309. The molecule has 0 amide bonds. The van der Waals surface area contributed by atoms with Crippen molar-refractivity contribution in [3.05, 3.63) is 59.3 Å². The maximum Gasteiger partial charge on any atom is 0.337 e. The van der Waals surface area contributed by atoms with Crippen LogP contribution in [0.4, 0.5) is 0 Å². The smallest absolute Gasteiger partial charge is 0.337 e. The Labute approximate surface area is 140 Å². The summed E-state index contributed by atoms with van der Waals surface area (Å²) in [6.45, 7) is 1.98. The van der Waals surface area contributed by atoms with Crippen LogP contribution in [0.1, 0.15) is 24.9 Å². The highest BCUT2D eigenvalue weighted by molar-refractivity contribution is 7.80. The molecule has 2 N–H and O–H groups in total. The number of hydrogen-bond donors (Lipinski definition) is 2. The van der Waals surface area contributed by atoms with Crippen molar-refractivity contribution < 1.29 is 9.53 Å². The van der Waals surface area contributed by atoms with Crippen LogP contribution < -0.4 is 10.6 Å². The van der Waals surface area contributed by atoms with Gasteiger partial charge in [-0.15, -0.1) is 0 Å². The van der Waals surface area contributed by atoms with Gasteiger partial charge in [0.25, 0.3) is 0 Å². The number of carbonyl (C=O) groups is 1. The molecule has 1 aliphatic rings. The van der Waals surface area contributed by atoms with Gasteiger partial charge >= 0.3 is 5.97 Å². The highest BCUT2D eigenvalue weighted by Gasteiger charge is 2.31. The molecule has 23 heavy (non-hydrogen) atoms. The van der Waals surface area contributed by atoms with Gasteiger partial charge in [0.1, 0.15) is 0 Å². The largest absolute Gasteiger partial charge is 0.466 e. The third kappa shape index (κ3) is 2.92. The Balaban J connectivity index is 2.13. The predicted molar refractivity (Wildman–Crippen MR) is 94.9 cm³/mol. The zero-order valence-electron chi connectivity index (χ0n) is 13.1. The van der Waals surface area contributed by atoms with Crippen molar-refractivity contribution in [3.63, 3.8) is 0 Å². The van der Waals surface area contributed by atoms with Gasteiger partial charge in [-0.1, -0.05) is 43.3 Å². The van der Waals surface area contributed by atoms with Gasteiger partial charge in [0.05, 0.1) is 18.7 Å². The van der Waals surface area contributed by atoms with Gasteiger partial charge in [-0.05, 0) is 41.0 Å². The van der Waals surface area contributed by atoms with E-state index in [4.69, 9.17) is 17.0 Å². The van der Waals surface area contributed by atoms with Crippen molar-refractivity contribution >= 4 is 34.1 Å². The molecule has 0 fully saturated rings. The molecule has 5 heteroatoms. The molecule has 118 valence electrons. The Kier molecular flexibility index (Phi) is 4.30. The number of ether oxygens (including phenoxy) is 1. The summed E-state index contributed by atoms with van der Waals surface area (Å²) in [7, 11) is 1.40. The molecule has 0 saturated heterocycles.